The zero-order chi connectivity index (χ0) is 14.9. The summed E-state index contributed by atoms with van der Waals surface area (Å²) in [4.78, 5) is 12.1. The van der Waals surface area contributed by atoms with Crippen LogP contribution >= 0.6 is 11.6 Å². The van der Waals surface area contributed by atoms with E-state index in [1.54, 1.807) is 6.07 Å². The van der Waals surface area contributed by atoms with Crippen LogP contribution in [0.1, 0.15) is 23.2 Å². The molecule has 0 spiro atoms. The zero-order valence-corrected chi connectivity index (χ0v) is 12.3. The topological polar surface area (TPSA) is 75.0 Å². The van der Waals surface area contributed by atoms with Gasteiger partial charge in [-0.25, -0.2) is 8.42 Å². The van der Waals surface area contributed by atoms with Gasteiger partial charge in [0, 0.05) is 16.8 Å². The van der Waals surface area contributed by atoms with Crippen molar-refractivity contribution in [2.24, 2.45) is 5.92 Å². The Balaban J connectivity index is 2.52. The summed E-state index contributed by atoms with van der Waals surface area (Å²) in [6.07, 6.45) is 5.61. The van der Waals surface area contributed by atoms with Crippen LogP contribution in [-0.4, -0.2) is 20.5 Å². The second-order valence-electron chi connectivity index (χ2n) is 4.65. The largest absolute Gasteiger partial charge is 0.288 e. The average Bonchev–Trinajstić information content (AvgIpc) is 3.18. The molecule has 4 nitrogen and oxygen atoms in total. The second-order valence-corrected chi connectivity index (χ2v) is 7.07. The molecule has 0 heterocycles. The Morgan fingerprint density at radius 2 is 2.05 bits per heavy atom. The van der Waals surface area contributed by atoms with Crippen LogP contribution in [-0.2, 0) is 9.84 Å². The Hall–Kier alpha value is -1.64. The van der Waals surface area contributed by atoms with E-state index < -0.39 is 15.6 Å². The molecule has 0 saturated heterocycles. The first-order valence-corrected chi connectivity index (χ1v) is 8.18. The van der Waals surface area contributed by atoms with Crippen molar-refractivity contribution in [1.82, 2.24) is 0 Å². The highest BCUT2D eigenvalue weighted by Crippen LogP contribution is 2.31. The fourth-order valence-electron chi connectivity index (χ4n) is 1.71. The van der Waals surface area contributed by atoms with E-state index >= 15 is 0 Å². The van der Waals surface area contributed by atoms with Gasteiger partial charge in [-0.1, -0.05) is 11.6 Å². The molecule has 0 atom stereocenters. The van der Waals surface area contributed by atoms with E-state index in [0.717, 1.165) is 19.1 Å². The summed E-state index contributed by atoms with van der Waals surface area (Å²) in [5, 5.41) is 9.26. The van der Waals surface area contributed by atoms with Crippen LogP contribution in [0.25, 0.3) is 0 Å². The fourth-order valence-corrected chi connectivity index (χ4v) is 2.84. The van der Waals surface area contributed by atoms with Gasteiger partial charge in [-0.3, -0.25) is 4.79 Å². The van der Waals surface area contributed by atoms with Gasteiger partial charge in [0.2, 0.25) is 5.78 Å². The van der Waals surface area contributed by atoms with E-state index in [1.165, 1.54) is 18.2 Å². The third-order valence-electron chi connectivity index (χ3n) is 2.85. The number of ketones is 1. The molecule has 0 unspecified atom stereocenters. The van der Waals surface area contributed by atoms with Gasteiger partial charge in [0.25, 0.3) is 0 Å². The standard InChI is InChI=1S/C14H11ClNO3S/c1-20(18,19)13-7-11(15)4-5-12(13)14(17)10(8-16)6-9-2-3-9/h4-5,7,9H,2-3H2,1H3. The van der Waals surface area contributed by atoms with Crippen molar-refractivity contribution in [2.75, 3.05) is 6.26 Å². The summed E-state index contributed by atoms with van der Waals surface area (Å²) in [7, 11) is -3.61. The molecular formula is C14H11ClNO3S. The lowest BCUT2D eigenvalue weighted by molar-refractivity contribution is 0.103. The van der Waals surface area contributed by atoms with E-state index in [-0.39, 0.29) is 27.0 Å². The quantitative estimate of drug-likeness (QED) is 0.487. The minimum absolute atomic E-state index is 0.0402. The number of nitrogens with zero attached hydrogens (tertiary/aromatic N) is 1. The molecule has 1 radical (unpaired) electrons. The van der Waals surface area contributed by atoms with Crippen LogP contribution < -0.4 is 0 Å². The maximum Gasteiger partial charge on any atom is 0.205 e. The molecule has 1 aromatic carbocycles. The van der Waals surface area contributed by atoms with E-state index in [2.05, 4.69) is 6.08 Å². The summed E-state index contributed by atoms with van der Waals surface area (Å²) < 4.78 is 23.5. The molecule has 1 fully saturated rings. The average molecular weight is 309 g/mol. The van der Waals surface area contributed by atoms with E-state index in [0.29, 0.717) is 0 Å². The molecule has 1 aromatic rings. The molecule has 1 saturated carbocycles. The number of sulfone groups is 1. The van der Waals surface area contributed by atoms with Gasteiger partial charge in [-0.15, -0.1) is 0 Å². The van der Waals surface area contributed by atoms with E-state index in [1.807, 2.05) is 0 Å². The number of benzene rings is 1. The summed E-state index contributed by atoms with van der Waals surface area (Å²) >= 11 is 5.77. The molecule has 0 aliphatic heterocycles. The minimum atomic E-state index is -3.61. The van der Waals surface area contributed by atoms with Gasteiger partial charge in [-0.2, -0.15) is 5.26 Å². The second kappa shape index (κ2) is 5.39. The van der Waals surface area contributed by atoms with Gasteiger partial charge < -0.3 is 0 Å². The maximum absolute atomic E-state index is 12.3. The van der Waals surface area contributed by atoms with Crippen LogP contribution in [0.3, 0.4) is 0 Å². The normalized spacial score (nSPS) is 15.8. The number of hydrogen-bond acceptors (Lipinski definition) is 4. The smallest absolute Gasteiger partial charge is 0.205 e. The minimum Gasteiger partial charge on any atom is -0.288 e. The molecule has 0 bridgehead atoms. The number of carbonyl (C=O) groups excluding carboxylic acids is 1. The van der Waals surface area contributed by atoms with E-state index in [9.17, 15) is 13.2 Å². The molecule has 2 rings (SSSR count). The first-order valence-electron chi connectivity index (χ1n) is 5.91. The molecule has 0 N–H and O–H groups in total. The highest BCUT2D eigenvalue weighted by molar-refractivity contribution is 7.90. The predicted octanol–water partition coefficient (Wildman–Crippen LogP) is 2.59. The predicted molar refractivity (Wildman–Crippen MR) is 74.0 cm³/mol. The molecule has 1 aliphatic carbocycles. The Morgan fingerprint density at radius 1 is 1.40 bits per heavy atom. The summed E-state index contributed by atoms with van der Waals surface area (Å²) in [5.41, 5.74) is -0.179. The Morgan fingerprint density at radius 3 is 2.55 bits per heavy atom. The van der Waals surface area contributed by atoms with Crippen molar-refractivity contribution in [2.45, 2.75) is 17.7 Å². The summed E-state index contributed by atoms with van der Waals surface area (Å²) in [6, 6.07) is 5.76. The molecular weight excluding hydrogens is 298 g/mol. The number of Topliss-reactive ketones (excluding diaryl/α,β-unsaturated/α-hetero) is 1. The molecule has 1 aliphatic rings. The Bertz CT molecular complexity index is 740. The van der Waals surface area contributed by atoms with Gasteiger partial charge >= 0.3 is 0 Å². The highest BCUT2D eigenvalue weighted by Gasteiger charge is 2.26. The highest BCUT2D eigenvalue weighted by atomic mass is 35.5. The van der Waals surface area contributed by atoms with Gasteiger partial charge in [-0.05, 0) is 43.0 Å². The van der Waals surface area contributed by atoms with Crippen molar-refractivity contribution < 1.29 is 13.2 Å². The van der Waals surface area contributed by atoms with Crippen LogP contribution in [0.2, 0.25) is 5.02 Å². The molecule has 0 aromatic heterocycles. The lowest BCUT2D eigenvalue weighted by Gasteiger charge is -2.07. The van der Waals surface area contributed by atoms with Crippen LogP contribution in [0, 0.1) is 23.3 Å². The number of allylic oxidation sites excluding steroid dienone is 2. The van der Waals surface area contributed by atoms with Crippen LogP contribution in [0.4, 0.5) is 0 Å². The van der Waals surface area contributed by atoms with Gasteiger partial charge in [0.1, 0.15) is 11.6 Å². The van der Waals surface area contributed by atoms with Gasteiger partial charge in [0.05, 0.1) is 4.90 Å². The van der Waals surface area contributed by atoms with Crippen molar-refractivity contribution in [3.63, 3.8) is 0 Å². The SMILES string of the molecule is CS(=O)(=O)c1cc(Cl)ccc1C(=O)/C(=[C]/C1CC1)C#N. The lowest BCUT2D eigenvalue weighted by atomic mass is 10.0. The maximum atomic E-state index is 12.3. The first-order chi connectivity index (χ1) is 9.32. The fraction of sp³-hybridized carbons (Fsp3) is 0.286. The summed E-state index contributed by atoms with van der Waals surface area (Å²) in [6.45, 7) is 0. The Kier molecular flexibility index (Phi) is 3.98. The molecule has 0 amide bonds. The number of nitriles is 1. The third-order valence-corrected chi connectivity index (χ3v) is 4.22. The number of carbonyl (C=O) groups is 1. The molecule has 20 heavy (non-hydrogen) atoms. The Labute approximate surface area is 122 Å². The van der Waals surface area contributed by atoms with Gasteiger partial charge in [0.15, 0.2) is 9.84 Å². The number of halogens is 1. The zero-order valence-electron chi connectivity index (χ0n) is 10.7. The van der Waals surface area contributed by atoms with Crippen LogP contribution in [0.15, 0.2) is 28.7 Å². The van der Waals surface area contributed by atoms with Crippen molar-refractivity contribution >= 4 is 27.2 Å². The number of rotatable bonds is 4. The monoisotopic (exact) mass is 308 g/mol. The molecule has 6 heteroatoms. The van der Waals surface area contributed by atoms with Crippen molar-refractivity contribution in [1.29, 1.82) is 5.26 Å². The third kappa shape index (κ3) is 3.27. The van der Waals surface area contributed by atoms with Crippen molar-refractivity contribution in [3.05, 3.63) is 40.4 Å². The number of hydrogen-bond donors (Lipinski definition) is 0. The van der Waals surface area contributed by atoms with E-state index in [4.69, 9.17) is 16.9 Å². The van der Waals surface area contributed by atoms with Crippen molar-refractivity contribution in [3.8, 4) is 6.07 Å². The summed E-state index contributed by atoms with van der Waals surface area (Å²) in [5.74, 6) is -0.501. The van der Waals surface area contributed by atoms with Crippen LogP contribution in [0.5, 0.6) is 0 Å². The first kappa shape index (κ1) is 14.8. The lowest BCUT2D eigenvalue weighted by Crippen LogP contribution is -2.10. The molecule has 103 valence electrons.